The second-order valence-electron chi connectivity index (χ2n) is 5.51. The molecule has 1 fully saturated rings. The molecule has 4 heteroatoms. The molecule has 0 saturated heterocycles. The van der Waals surface area contributed by atoms with Gasteiger partial charge in [0, 0.05) is 19.4 Å². The third-order valence-corrected chi connectivity index (χ3v) is 3.80. The van der Waals surface area contributed by atoms with E-state index in [9.17, 15) is 9.59 Å². The summed E-state index contributed by atoms with van der Waals surface area (Å²) in [5, 5.41) is 11.3. The van der Waals surface area contributed by atoms with Gasteiger partial charge < -0.3 is 10.4 Å². The Balaban J connectivity index is 2.00. The molecule has 1 amide bonds. The zero-order chi connectivity index (χ0) is 13.4. The molecular weight excluding hydrogens is 230 g/mol. The molecule has 1 saturated carbocycles. The highest BCUT2D eigenvalue weighted by molar-refractivity contribution is 5.76. The number of carbonyl (C=O) groups excluding carboxylic acids is 1. The van der Waals surface area contributed by atoms with Crippen LogP contribution in [0.4, 0.5) is 0 Å². The minimum atomic E-state index is -0.834. The molecule has 1 rings (SSSR count). The Bertz CT molecular complexity index is 270. The Morgan fingerprint density at radius 1 is 1.17 bits per heavy atom. The molecule has 4 nitrogen and oxygen atoms in total. The normalized spacial score (nSPS) is 23.6. The van der Waals surface area contributed by atoms with Crippen LogP contribution < -0.4 is 5.32 Å². The van der Waals surface area contributed by atoms with Crippen LogP contribution in [-0.4, -0.2) is 23.5 Å². The number of carboxylic acids is 1. The van der Waals surface area contributed by atoms with Gasteiger partial charge in [-0.2, -0.15) is 0 Å². The zero-order valence-corrected chi connectivity index (χ0v) is 11.3. The molecule has 0 atom stereocenters. The first-order chi connectivity index (χ1) is 8.58. The first-order valence-electron chi connectivity index (χ1n) is 7.06. The molecule has 0 aromatic carbocycles. The lowest BCUT2D eigenvalue weighted by atomic mass is 9.81. The van der Waals surface area contributed by atoms with Crippen LogP contribution in [-0.2, 0) is 9.59 Å². The van der Waals surface area contributed by atoms with E-state index in [4.69, 9.17) is 5.11 Å². The number of carbonyl (C=O) groups is 2. The fourth-order valence-corrected chi connectivity index (χ4v) is 2.52. The summed E-state index contributed by atoms with van der Waals surface area (Å²) in [6.07, 6.45) is 7.11. The lowest BCUT2D eigenvalue weighted by Crippen LogP contribution is -2.26. The summed E-state index contributed by atoms with van der Waals surface area (Å²) < 4.78 is 0. The molecule has 0 unspecified atom stereocenters. The molecule has 0 aromatic heterocycles. The van der Waals surface area contributed by atoms with Crippen LogP contribution in [0.2, 0.25) is 0 Å². The van der Waals surface area contributed by atoms with E-state index in [0.717, 1.165) is 24.8 Å². The van der Waals surface area contributed by atoms with Crippen LogP contribution in [0.3, 0.4) is 0 Å². The Morgan fingerprint density at radius 3 is 2.44 bits per heavy atom. The Morgan fingerprint density at radius 2 is 1.83 bits per heavy atom. The summed E-state index contributed by atoms with van der Waals surface area (Å²) in [7, 11) is 0. The van der Waals surface area contributed by atoms with Crippen LogP contribution in [0.25, 0.3) is 0 Å². The minimum Gasteiger partial charge on any atom is -0.481 e. The summed E-state index contributed by atoms with van der Waals surface area (Å²) in [5.74, 6) is 0.784. The molecule has 2 N–H and O–H groups in total. The van der Waals surface area contributed by atoms with Gasteiger partial charge in [0.1, 0.15) is 0 Å². The van der Waals surface area contributed by atoms with Gasteiger partial charge in [0.25, 0.3) is 0 Å². The van der Waals surface area contributed by atoms with Crippen molar-refractivity contribution in [2.45, 2.75) is 58.3 Å². The number of amides is 1. The molecule has 0 aromatic rings. The van der Waals surface area contributed by atoms with E-state index in [1.54, 1.807) is 0 Å². The van der Waals surface area contributed by atoms with Crippen molar-refractivity contribution in [1.82, 2.24) is 5.32 Å². The number of carboxylic acid groups (broad SMARTS) is 1. The van der Waals surface area contributed by atoms with Crippen molar-refractivity contribution in [3.05, 3.63) is 0 Å². The average molecular weight is 255 g/mol. The zero-order valence-electron chi connectivity index (χ0n) is 11.3. The van der Waals surface area contributed by atoms with Gasteiger partial charge in [0.05, 0.1) is 0 Å². The second-order valence-corrected chi connectivity index (χ2v) is 5.51. The van der Waals surface area contributed by atoms with Crippen molar-refractivity contribution >= 4 is 11.9 Å². The van der Waals surface area contributed by atoms with Crippen LogP contribution in [0, 0.1) is 11.8 Å². The van der Waals surface area contributed by atoms with E-state index >= 15 is 0 Å². The fourth-order valence-electron chi connectivity index (χ4n) is 2.52. The Labute approximate surface area is 109 Å². The van der Waals surface area contributed by atoms with Crippen molar-refractivity contribution < 1.29 is 14.7 Å². The van der Waals surface area contributed by atoms with E-state index in [1.165, 1.54) is 25.7 Å². The predicted octanol–water partition coefficient (Wildman–Crippen LogP) is 2.57. The van der Waals surface area contributed by atoms with Gasteiger partial charge in [-0.3, -0.25) is 9.59 Å². The van der Waals surface area contributed by atoms with Gasteiger partial charge in [0.15, 0.2) is 0 Å². The molecule has 0 radical (unpaired) electrons. The van der Waals surface area contributed by atoms with Crippen LogP contribution >= 0.6 is 0 Å². The third-order valence-electron chi connectivity index (χ3n) is 3.80. The summed E-state index contributed by atoms with van der Waals surface area (Å²) in [4.78, 5) is 21.7. The third kappa shape index (κ3) is 6.62. The molecule has 18 heavy (non-hydrogen) atoms. The van der Waals surface area contributed by atoms with Gasteiger partial charge in [-0.25, -0.2) is 0 Å². The maximum Gasteiger partial charge on any atom is 0.303 e. The van der Waals surface area contributed by atoms with Crippen LogP contribution in [0.1, 0.15) is 58.3 Å². The van der Waals surface area contributed by atoms with E-state index in [-0.39, 0.29) is 12.3 Å². The summed E-state index contributed by atoms with van der Waals surface area (Å²) in [5.41, 5.74) is 0. The number of hydrogen-bond acceptors (Lipinski definition) is 2. The lowest BCUT2D eigenvalue weighted by molar-refractivity contribution is -0.137. The van der Waals surface area contributed by atoms with E-state index < -0.39 is 5.97 Å². The highest BCUT2D eigenvalue weighted by Gasteiger charge is 2.17. The highest BCUT2D eigenvalue weighted by atomic mass is 16.4. The maximum absolute atomic E-state index is 11.4. The van der Waals surface area contributed by atoms with E-state index in [1.807, 2.05) is 0 Å². The molecule has 0 spiro atoms. The van der Waals surface area contributed by atoms with Gasteiger partial charge in [-0.15, -0.1) is 0 Å². The van der Waals surface area contributed by atoms with Gasteiger partial charge >= 0.3 is 5.97 Å². The topological polar surface area (TPSA) is 66.4 Å². The quantitative estimate of drug-likeness (QED) is 0.734. The molecule has 0 bridgehead atoms. The monoisotopic (exact) mass is 255 g/mol. The van der Waals surface area contributed by atoms with Crippen molar-refractivity contribution in [2.75, 3.05) is 6.54 Å². The smallest absolute Gasteiger partial charge is 0.303 e. The Kier molecular flexibility index (Phi) is 6.76. The largest absolute Gasteiger partial charge is 0.481 e. The summed E-state index contributed by atoms with van der Waals surface area (Å²) in [6, 6.07) is 0. The molecular formula is C14H25NO3. The fraction of sp³-hybridized carbons (Fsp3) is 0.857. The predicted molar refractivity (Wildman–Crippen MR) is 70.2 cm³/mol. The van der Waals surface area contributed by atoms with Gasteiger partial charge in [0.2, 0.25) is 5.91 Å². The number of hydrogen-bond donors (Lipinski definition) is 2. The average Bonchev–Trinajstić information content (AvgIpc) is 2.31. The molecule has 1 aliphatic carbocycles. The lowest BCUT2D eigenvalue weighted by Gasteiger charge is -2.26. The van der Waals surface area contributed by atoms with Crippen molar-refractivity contribution in [3.8, 4) is 0 Å². The molecule has 0 heterocycles. The number of nitrogens with one attached hydrogen (secondary N) is 1. The van der Waals surface area contributed by atoms with Crippen LogP contribution in [0.15, 0.2) is 0 Å². The van der Waals surface area contributed by atoms with Crippen LogP contribution in [0.5, 0.6) is 0 Å². The number of aliphatic carboxylic acids is 1. The summed E-state index contributed by atoms with van der Waals surface area (Å²) in [6.45, 7) is 3.05. The SMILES string of the molecule is CC1CCC(CCNC(=O)CCCC(=O)O)CC1. The second kappa shape index (κ2) is 8.11. The van der Waals surface area contributed by atoms with Crippen molar-refractivity contribution in [3.63, 3.8) is 0 Å². The highest BCUT2D eigenvalue weighted by Crippen LogP contribution is 2.29. The Hall–Kier alpha value is -1.06. The molecule has 1 aliphatic rings. The molecule has 104 valence electrons. The van der Waals surface area contributed by atoms with Crippen molar-refractivity contribution in [2.24, 2.45) is 11.8 Å². The first kappa shape index (κ1) is 15.0. The minimum absolute atomic E-state index is 0.0135. The van der Waals surface area contributed by atoms with E-state index in [2.05, 4.69) is 12.2 Å². The van der Waals surface area contributed by atoms with E-state index in [0.29, 0.717) is 12.8 Å². The standard InChI is InChI=1S/C14H25NO3/c1-11-5-7-12(8-6-11)9-10-15-13(16)3-2-4-14(17)18/h11-12H,2-10H2,1H3,(H,15,16)(H,17,18). The van der Waals surface area contributed by atoms with Crippen molar-refractivity contribution in [1.29, 1.82) is 0 Å². The number of rotatable bonds is 7. The maximum atomic E-state index is 11.4. The summed E-state index contributed by atoms with van der Waals surface area (Å²) >= 11 is 0. The first-order valence-corrected chi connectivity index (χ1v) is 7.06. The van der Waals surface area contributed by atoms with Gasteiger partial charge in [-0.1, -0.05) is 32.6 Å². The molecule has 0 aliphatic heterocycles. The van der Waals surface area contributed by atoms with Gasteiger partial charge in [-0.05, 0) is 24.7 Å².